The third kappa shape index (κ3) is 3.03. The van der Waals surface area contributed by atoms with Gasteiger partial charge in [-0.15, -0.1) is 0 Å². The van der Waals surface area contributed by atoms with Crippen molar-refractivity contribution in [1.29, 1.82) is 0 Å². The normalized spacial score (nSPS) is 10.3. The van der Waals surface area contributed by atoms with Crippen molar-refractivity contribution < 1.29 is 13.9 Å². The summed E-state index contributed by atoms with van der Waals surface area (Å²) in [6.07, 6.45) is 0. The molecule has 98 valence electrons. The number of halogens is 2. The molecular formula is C14H11ClFNO2. The van der Waals surface area contributed by atoms with Crippen molar-refractivity contribution in [3.63, 3.8) is 0 Å². The predicted octanol–water partition coefficient (Wildman–Crippen LogP) is 4.06. The zero-order chi connectivity index (χ0) is 14.0. The maximum atomic E-state index is 13.0. The molecule has 19 heavy (non-hydrogen) atoms. The average molecular weight is 280 g/mol. The summed E-state index contributed by atoms with van der Waals surface area (Å²) in [4.78, 5) is 11.2. The fourth-order valence-electron chi connectivity index (χ4n) is 1.60. The molecule has 0 radical (unpaired) electrons. The van der Waals surface area contributed by atoms with Gasteiger partial charge in [0.15, 0.2) is 5.78 Å². The topological polar surface area (TPSA) is 52.3 Å². The number of hydrogen-bond donors (Lipinski definition) is 1. The van der Waals surface area contributed by atoms with Crippen LogP contribution in [0.5, 0.6) is 11.5 Å². The Morgan fingerprint density at radius 3 is 2.42 bits per heavy atom. The van der Waals surface area contributed by atoms with Crippen molar-refractivity contribution in [3.05, 3.63) is 52.8 Å². The zero-order valence-electron chi connectivity index (χ0n) is 10.1. The van der Waals surface area contributed by atoms with Crippen molar-refractivity contribution in [2.75, 3.05) is 5.73 Å². The van der Waals surface area contributed by atoms with E-state index in [4.69, 9.17) is 22.1 Å². The number of Topliss-reactive ketones (excluding diaryl/α,β-unsaturated/α-hetero) is 1. The summed E-state index contributed by atoms with van der Waals surface area (Å²) in [7, 11) is 0. The number of benzene rings is 2. The molecular weight excluding hydrogens is 269 g/mol. The summed E-state index contributed by atoms with van der Waals surface area (Å²) in [6.45, 7) is 1.44. The molecule has 2 aromatic carbocycles. The van der Waals surface area contributed by atoms with Crippen LogP contribution in [0.3, 0.4) is 0 Å². The highest BCUT2D eigenvalue weighted by Gasteiger charge is 2.07. The summed E-state index contributed by atoms with van der Waals surface area (Å²) in [5.74, 6) is 0.209. The minimum Gasteiger partial charge on any atom is -0.457 e. The van der Waals surface area contributed by atoms with Crippen LogP contribution in [0.25, 0.3) is 0 Å². The summed E-state index contributed by atoms with van der Waals surface area (Å²) in [5, 5.41) is -0.0224. The predicted molar refractivity (Wildman–Crippen MR) is 72.3 cm³/mol. The number of hydrogen-bond acceptors (Lipinski definition) is 3. The van der Waals surface area contributed by atoms with Crippen molar-refractivity contribution in [2.24, 2.45) is 0 Å². The summed E-state index contributed by atoms with van der Waals surface area (Å²) in [6, 6.07) is 8.77. The van der Waals surface area contributed by atoms with Gasteiger partial charge < -0.3 is 10.5 Å². The van der Waals surface area contributed by atoms with E-state index in [9.17, 15) is 9.18 Å². The molecule has 0 saturated carbocycles. The van der Waals surface area contributed by atoms with Gasteiger partial charge in [0.25, 0.3) is 0 Å². The van der Waals surface area contributed by atoms with Gasteiger partial charge in [0, 0.05) is 23.4 Å². The highest BCUT2D eigenvalue weighted by molar-refractivity contribution is 6.30. The lowest BCUT2D eigenvalue weighted by Gasteiger charge is -2.08. The number of carbonyl (C=O) groups is 1. The Kier molecular flexibility index (Phi) is 3.71. The Labute approximate surface area is 114 Å². The van der Waals surface area contributed by atoms with Crippen LogP contribution in [0.2, 0.25) is 5.02 Å². The smallest absolute Gasteiger partial charge is 0.161 e. The highest BCUT2D eigenvalue weighted by Crippen LogP contribution is 2.28. The third-order valence-corrected chi connectivity index (χ3v) is 2.82. The van der Waals surface area contributed by atoms with Crippen molar-refractivity contribution >= 4 is 23.1 Å². The summed E-state index contributed by atoms with van der Waals surface area (Å²) < 4.78 is 18.5. The van der Waals surface area contributed by atoms with Crippen molar-refractivity contribution in [1.82, 2.24) is 0 Å². The first kappa shape index (κ1) is 13.4. The highest BCUT2D eigenvalue weighted by atomic mass is 35.5. The Hall–Kier alpha value is -2.07. The Morgan fingerprint density at radius 1 is 1.21 bits per heavy atom. The number of rotatable bonds is 3. The minimum absolute atomic E-state index is 0.0224. The molecule has 0 aliphatic heterocycles. The van der Waals surface area contributed by atoms with Crippen LogP contribution < -0.4 is 10.5 Å². The molecule has 0 atom stereocenters. The van der Waals surface area contributed by atoms with Gasteiger partial charge in [0.1, 0.15) is 17.3 Å². The molecule has 2 N–H and O–H groups in total. The first-order chi connectivity index (χ1) is 8.97. The SMILES string of the molecule is CC(=O)c1ccc(Oc2ccc(F)c(Cl)c2)cc1N. The van der Waals surface area contributed by atoms with Crippen molar-refractivity contribution in [2.45, 2.75) is 6.92 Å². The zero-order valence-corrected chi connectivity index (χ0v) is 10.9. The lowest BCUT2D eigenvalue weighted by atomic mass is 10.1. The van der Waals surface area contributed by atoms with Crippen LogP contribution >= 0.6 is 11.6 Å². The number of ether oxygens (including phenoxy) is 1. The summed E-state index contributed by atoms with van der Waals surface area (Å²) in [5.41, 5.74) is 6.51. The van der Waals surface area contributed by atoms with E-state index in [-0.39, 0.29) is 10.8 Å². The Morgan fingerprint density at radius 2 is 1.84 bits per heavy atom. The van der Waals surface area contributed by atoms with Gasteiger partial charge in [0.05, 0.1) is 5.02 Å². The number of nitrogen functional groups attached to an aromatic ring is 1. The Bertz CT molecular complexity index is 643. The van der Waals surface area contributed by atoms with Gasteiger partial charge in [-0.3, -0.25) is 4.79 Å². The summed E-state index contributed by atoms with van der Waals surface area (Å²) >= 11 is 5.65. The van der Waals surface area contributed by atoms with Crippen LogP contribution in [0.15, 0.2) is 36.4 Å². The van der Waals surface area contributed by atoms with Crippen LogP contribution in [-0.4, -0.2) is 5.78 Å². The number of carbonyl (C=O) groups excluding carboxylic acids is 1. The van der Waals surface area contributed by atoms with Gasteiger partial charge >= 0.3 is 0 Å². The first-order valence-corrected chi connectivity index (χ1v) is 5.88. The third-order valence-electron chi connectivity index (χ3n) is 2.53. The largest absolute Gasteiger partial charge is 0.457 e. The van der Waals surface area contributed by atoms with Crippen LogP contribution in [0, 0.1) is 5.82 Å². The van der Waals surface area contributed by atoms with Crippen LogP contribution in [0.4, 0.5) is 10.1 Å². The maximum Gasteiger partial charge on any atom is 0.161 e. The molecule has 2 rings (SSSR count). The van der Waals surface area contributed by atoms with E-state index in [0.717, 1.165) is 0 Å². The van der Waals surface area contributed by atoms with Gasteiger partial charge in [-0.05, 0) is 31.2 Å². The second kappa shape index (κ2) is 5.28. The van der Waals surface area contributed by atoms with E-state index in [2.05, 4.69) is 0 Å². The monoisotopic (exact) mass is 279 g/mol. The van der Waals surface area contributed by atoms with E-state index in [1.165, 1.54) is 31.2 Å². The second-order valence-corrected chi connectivity index (χ2v) is 4.39. The number of nitrogens with two attached hydrogens (primary N) is 1. The minimum atomic E-state index is -0.513. The van der Waals surface area contributed by atoms with Gasteiger partial charge in [-0.2, -0.15) is 0 Å². The fraction of sp³-hybridized carbons (Fsp3) is 0.0714. The van der Waals surface area contributed by atoms with E-state index in [1.54, 1.807) is 12.1 Å². The first-order valence-electron chi connectivity index (χ1n) is 5.51. The maximum absolute atomic E-state index is 13.0. The van der Waals surface area contributed by atoms with E-state index in [1.807, 2.05) is 0 Å². The molecule has 0 unspecified atom stereocenters. The quantitative estimate of drug-likeness (QED) is 0.681. The fourth-order valence-corrected chi connectivity index (χ4v) is 1.77. The second-order valence-electron chi connectivity index (χ2n) is 3.98. The van der Waals surface area contributed by atoms with E-state index >= 15 is 0 Å². The number of ketones is 1. The molecule has 0 amide bonds. The molecule has 0 heterocycles. The van der Waals surface area contributed by atoms with Crippen LogP contribution in [-0.2, 0) is 0 Å². The molecule has 2 aromatic rings. The molecule has 0 fully saturated rings. The molecule has 0 bridgehead atoms. The van der Waals surface area contributed by atoms with Gasteiger partial charge in [-0.25, -0.2) is 4.39 Å². The average Bonchev–Trinajstić information content (AvgIpc) is 2.33. The van der Waals surface area contributed by atoms with Crippen LogP contribution in [0.1, 0.15) is 17.3 Å². The lowest BCUT2D eigenvalue weighted by molar-refractivity contribution is 0.101. The van der Waals surface area contributed by atoms with E-state index in [0.29, 0.717) is 22.7 Å². The Balaban J connectivity index is 2.26. The molecule has 0 spiro atoms. The van der Waals surface area contributed by atoms with Gasteiger partial charge in [0.2, 0.25) is 0 Å². The van der Waals surface area contributed by atoms with Gasteiger partial charge in [-0.1, -0.05) is 11.6 Å². The molecule has 0 aliphatic rings. The van der Waals surface area contributed by atoms with Crippen molar-refractivity contribution in [3.8, 4) is 11.5 Å². The molecule has 0 aromatic heterocycles. The molecule has 5 heteroatoms. The van der Waals surface area contributed by atoms with E-state index < -0.39 is 5.82 Å². The molecule has 0 saturated heterocycles. The molecule has 3 nitrogen and oxygen atoms in total. The lowest BCUT2D eigenvalue weighted by Crippen LogP contribution is -1.99. The number of anilines is 1. The molecule has 0 aliphatic carbocycles. The standard InChI is InChI=1S/C14H11ClFNO2/c1-8(18)11-4-2-10(7-14(11)17)19-9-3-5-13(16)12(15)6-9/h2-7H,17H2,1H3.